The smallest absolute Gasteiger partial charge is 0.187 e. The quantitative estimate of drug-likeness (QED) is 0.216. The maximum Gasteiger partial charge on any atom is 0.187 e. The summed E-state index contributed by atoms with van der Waals surface area (Å²) in [6.45, 7) is 4.86. The van der Waals surface area contributed by atoms with E-state index in [1.165, 1.54) is 0 Å². The number of nitrogens with zero attached hydrogens (tertiary/aromatic N) is 5. The van der Waals surface area contributed by atoms with Crippen LogP contribution in [0.15, 0.2) is 104 Å². The van der Waals surface area contributed by atoms with Crippen LogP contribution in [0.2, 0.25) is 0 Å². The van der Waals surface area contributed by atoms with Gasteiger partial charge in [0, 0.05) is 40.9 Å². The third kappa shape index (κ3) is 4.67. The summed E-state index contributed by atoms with van der Waals surface area (Å²) in [5.41, 5.74) is 14.1. The fourth-order valence-corrected chi connectivity index (χ4v) is 4.86. The SMILES string of the molecule is C=C(Nc1ccccc1N)c1ccc(Nc2nc(-c3cnc4c(Cn5ccnc5)cccn34)cs2)cc1. The molecule has 0 aliphatic rings. The molecule has 0 atom stereocenters. The Balaban J connectivity index is 1.17. The van der Waals surface area contributed by atoms with Crippen molar-refractivity contribution >= 4 is 44.9 Å². The van der Waals surface area contributed by atoms with Gasteiger partial charge in [-0.1, -0.05) is 36.9 Å². The first-order chi connectivity index (χ1) is 18.1. The van der Waals surface area contributed by atoms with Crippen LogP contribution in [0.3, 0.4) is 0 Å². The third-order valence-electron chi connectivity index (χ3n) is 6.03. The second kappa shape index (κ2) is 9.63. The first kappa shape index (κ1) is 22.6. The average molecular weight is 505 g/mol. The van der Waals surface area contributed by atoms with Crippen LogP contribution in [-0.4, -0.2) is 23.9 Å². The van der Waals surface area contributed by atoms with Crippen LogP contribution in [0.4, 0.5) is 22.2 Å². The minimum Gasteiger partial charge on any atom is -0.397 e. The van der Waals surface area contributed by atoms with Crippen LogP contribution in [0.1, 0.15) is 11.1 Å². The molecule has 37 heavy (non-hydrogen) atoms. The van der Waals surface area contributed by atoms with Crippen LogP contribution in [0.5, 0.6) is 0 Å². The number of thiazole rings is 1. The maximum atomic E-state index is 6.03. The fourth-order valence-electron chi connectivity index (χ4n) is 4.13. The number of nitrogen functional groups attached to an aromatic ring is 1. The number of aromatic nitrogens is 5. The molecule has 182 valence electrons. The van der Waals surface area contributed by atoms with Crippen molar-refractivity contribution in [1.29, 1.82) is 0 Å². The van der Waals surface area contributed by atoms with Crippen molar-refractivity contribution in [3.63, 3.8) is 0 Å². The van der Waals surface area contributed by atoms with Gasteiger partial charge < -0.3 is 20.9 Å². The molecule has 0 saturated heterocycles. The van der Waals surface area contributed by atoms with Gasteiger partial charge in [0.05, 0.1) is 36.1 Å². The van der Waals surface area contributed by atoms with E-state index in [-0.39, 0.29) is 0 Å². The van der Waals surface area contributed by atoms with Gasteiger partial charge in [-0.25, -0.2) is 15.0 Å². The topological polar surface area (TPSA) is 98.1 Å². The lowest BCUT2D eigenvalue weighted by Gasteiger charge is -2.12. The van der Waals surface area contributed by atoms with E-state index in [0.29, 0.717) is 12.2 Å². The number of hydrogen-bond donors (Lipinski definition) is 3. The molecule has 6 rings (SSSR count). The highest BCUT2D eigenvalue weighted by Crippen LogP contribution is 2.29. The Labute approximate surface area is 217 Å². The normalized spacial score (nSPS) is 11.0. The fraction of sp³-hybridized carbons (Fsp3) is 0.0357. The third-order valence-corrected chi connectivity index (χ3v) is 6.78. The molecule has 4 heterocycles. The zero-order valence-electron chi connectivity index (χ0n) is 19.9. The second-order valence-electron chi connectivity index (χ2n) is 8.54. The molecule has 9 heteroatoms. The summed E-state index contributed by atoms with van der Waals surface area (Å²) in [5, 5.41) is 9.53. The van der Waals surface area contributed by atoms with Gasteiger partial charge >= 0.3 is 0 Å². The monoisotopic (exact) mass is 504 g/mol. The molecule has 4 N–H and O–H groups in total. The molecular weight excluding hydrogens is 480 g/mol. The maximum absolute atomic E-state index is 6.03. The second-order valence-corrected chi connectivity index (χ2v) is 9.39. The van der Waals surface area contributed by atoms with E-state index >= 15 is 0 Å². The van der Waals surface area contributed by atoms with Crippen LogP contribution in [0, 0.1) is 0 Å². The molecule has 0 amide bonds. The molecule has 8 nitrogen and oxygen atoms in total. The van der Waals surface area contributed by atoms with Crippen molar-refractivity contribution in [3.05, 3.63) is 115 Å². The van der Waals surface area contributed by atoms with Crippen molar-refractivity contribution in [1.82, 2.24) is 23.9 Å². The number of benzene rings is 2. The summed E-state index contributed by atoms with van der Waals surface area (Å²) in [4.78, 5) is 13.6. The summed E-state index contributed by atoms with van der Waals surface area (Å²) in [5.74, 6) is 0. The van der Waals surface area contributed by atoms with Crippen LogP contribution in [0.25, 0.3) is 22.7 Å². The molecular formula is C28H24N8S. The van der Waals surface area contributed by atoms with E-state index in [9.17, 15) is 0 Å². The number of nitrogens with two attached hydrogens (primary N) is 1. The van der Waals surface area contributed by atoms with Gasteiger partial charge in [0.1, 0.15) is 11.3 Å². The summed E-state index contributed by atoms with van der Waals surface area (Å²) >= 11 is 1.55. The Bertz CT molecular complexity index is 1680. The van der Waals surface area contributed by atoms with Gasteiger partial charge in [-0.05, 0) is 35.9 Å². The predicted molar refractivity (Wildman–Crippen MR) is 151 cm³/mol. The number of rotatable bonds is 8. The van der Waals surface area contributed by atoms with Gasteiger partial charge in [-0.3, -0.25) is 4.40 Å². The minimum atomic E-state index is 0.682. The Morgan fingerprint density at radius 3 is 2.70 bits per heavy atom. The predicted octanol–water partition coefficient (Wildman–Crippen LogP) is 6.11. The Morgan fingerprint density at radius 2 is 1.89 bits per heavy atom. The average Bonchev–Trinajstić information content (AvgIpc) is 3.67. The van der Waals surface area contributed by atoms with Crippen molar-refractivity contribution in [2.45, 2.75) is 6.54 Å². The number of hydrogen-bond acceptors (Lipinski definition) is 7. The minimum absolute atomic E-state index is 0.682. The van der Waals surface area contributed by atoms with Crippen molar-refractivity contribution in [2.75, 3.05) is 16.4 Å². The zero-order valence-corrected chi connectivity index (χ0v) is 20.7. The number of fused-ring (bicyclic) bond motifs is 1. The zero-order chi connectivity index (χ0) is 25.2. The molecule has 2 aromatic carbocycles. The van der Waals surface area contributed by atoms with E-state index in [4.69, 9.17) is 10.7 Å². The lowest BCUT2D eigenvalue weighted by Crippen LogP contribution is -2.00. The molecule has 0 radical (unpaired) electrons. The number of para-hydroxylation sites is 2. The van der Waals surface area contributed by atoms with Gasteiger partial charge in [-0.15, -0.1) is 11.3 Å². The Hall–Kier alpha value is -4.89. The molecule has 0 aliphatic carbocycles. The van der Waals surface area contributed by atoms with Crippen molar-refractivity contribution in [3.8, 4) is 11.4 Å². The highest BCUT2D eigenvalue weighted by Gasteiger charge is 2.13. The van der Waals surface area contributed by atoms with Crippen LogP contribution < -0.4 is 16.4 Å². The van der Waals surface area contributed by atoms with E-state index in [0.717, 1.165) is 50.4 Å². The van der Waals surface area contributed by atoms with Gasteiger partial charge in [-0.2, -0.15) is 0 Å². The van der Waals surface area contributed by atoms with E-state index in [2.05, 4.69) is 37.6 Å². The first-order valence-corrected chi connectivity index (χ1v) is 12.6. The van der Waals surface area contributed by atoms with E-state index < -0.39 is 0 Å². The Morgan fingerprint density at radius 1 is 1.03 bits per heavy atom. The summed E-state index contributed by atoms with van der Waals surface area (Å²) < 4.78 is 4.11. The number of anilines is 4. The van der Waals surface area contributed by atoms with Crippen molar-refractivity contribution < 1.29 is 0 Å². The molecule has 0 unspecified atom stereocenters. The number of imidazole rings is 2. The van der Waals surface area contributed by atoms with Gasteiger partial charge in [0.15, 0.2) is 5.13 Å². The lowest BCUT2D eigenvalue weighted by atomic mass is 10.1. The molecule has 0 saturated carbocycles. The highest BCUT2D eigenvalue weighted by atomic mass is 32.1. The van der Waals surface area contributed by atoms with E-state index in [1.54, 1.807) is 17.5 Å². The van der Waals surface area contributed by atoms with Gasteiger partial charge in [0.2, 0.25) is 0 Å². The number of pyridine rings is 1. The molecule has 4 aromatic heterocycles. The number of nitrogens with one attached hydrogen (secondary N) is 2. The Kier molecular flexibility index (Phi) is 5.88. The standard InChI is InChI=1S/C28H24N8S/c1-19(32-24-7-3-2-6-23(24)29)20-8-10-22(11-9-20)33-28-34-25(17-37-28)26-15-31-27-21(5-4-13-36(26)27)16-35-14-12-30-18-35/h2-15,17-18,32H,1,16,29H2,(H,33,34). The van der Waals surface area contributed by atoms with Gasteiger partial charge in [0.25, 0.3) is 0 Å². The lowest BCUT2D eigenvalue weighted by molar-refractivity contribution is 0.796. The summed E-state index contributed by atoms with van der Waals surface area (Å²) in [6.07, 6.45) is 9.43. The molecule has 0 bridgehead atoms. The molecule has 0 spiro atoms. The molecule has 0 aliphatic heterocycles. The van der Waals surface area contributed by atoms with E-state index in [1.807, 2.05) is 89.5 Å². The highest BCUT2D eigenvalue weighted by molar-refractivity contribution is 7.14. The van der Waals surface area contributed by atoms with Crippen LogP contribution in [-0.2, 0) is 6.54 Å². The van der Waals surface area contributed by atoms with Crippen LogP contribution >= 0.6 is 11.3 Å². The summed E-state index contributed by atoms with van der Waals surface area (Å²) in [7, 11) is 0. The first-order valence-electron chi connectivity index (χ1n) is 11.7. The molecule has 6 aromatic rings. The largest absolute Gasteiger partial charge is 0.397 e. The summed E-state index contributed by atoms with van der Waals surface area (Å²) in [6, 6.07) is 19.8. The molecule has 0 fully saturated rings. The van der Waals surface area contributed by atoms with Crippen molar-refractivity contribution in [2.24, 2.45) is 0 Å².